The van der Waals surface area contributed by atoms with Gasteiger partial charge >= 0.3 is 5.97 Å². The summed E-state index contributed by atoms with van der Waals surface area (Å²) in [5.74, 6) is -1.17. The molecule has 1 saturated heterocycles. The number of nitro benzene ring substituents is 1. The Kier molecular flexibility index (Phi) is 7.80. The maximum absolute atomic E-state index is 12.4. The van der Waals surface area contributed by atoms with Crippen molar-refractivity contribution >= 4 is 23.3 Å². The molecule has 170 valence electrons. The highest BCUT2D eigenvalue weighted by Crippen LogP contribution is 2.33. The molecule has 1 aromatic rings. The molecule has 1 amide bonds. The number of amides is 1. The van der Waals surface area contributed by atoms with Crippen LogP contribution in [0.5, 0.6) is 0 Å². The second-order valence-electron chi connectivity index (χ2n) is 7.97. The fourth-order valence-corrected chi connectivity index (χ4v) is 4.41. The van der Waals surface area contributed by atoms with Gasteiger partial charge in [-0.1, -0.05) is 19.3 Å². The van der Waals surface area contributed by atoms with Gasteiger partial charge in [0, 0.05) is 50.0 Å². The van der Waals surface area contributed by atoms with Gasteiger partial charge < -0.3 is 20.1 Å². The van der Waals surface area contributed by atoms with Crippen LogP contribution in [0.25, 0.3) is 0 Å². The topological polar surface area (TPSA) is 123 Å². The molecule has 1 heterocycles. The Morgan fingerprint density at radius 1 is 1.23 bits per heavy atom. The summed E-state index contributed by atoms with van der Waals surface area (Å²) in [4.78, 5) is 37.7. The number of carbonyl (C=O) groups excluding carboxylic acids is 2. The molecule has 1 aliphatic heterocycles. The first kappa shape index (κ1) is 23.0. The summed E-state index contributed by atoms with van der Waals surface area (Å²) in [7, 11) is 1.60. The number of ether oxygens (including phenoxy) is 2. The number of benzene rings is 1. The minimum atomic E-state index is -0.788. The molecule has 0 spiro atoms. The largest absolute Gasteiger partial charge is 0.452 e. The zero-order valence-electron chi connectivity index (χ0n) is 17.9. The number of carbonyl (C=O) groups is 2. The molecule has 0 radical (unpaired) electrons. The van der Waals surface area contributed by atoms with Gasteiger partial charge in [0.1, 0.15) is 0 Å². The zero-order valence-corrected chi connectivity index (χ0v) is 17.9. The van der Waals surface area contributed by atoms with Crippen molar-refractivity contribution in [3.63, 3.8) is 0 Å². The van der Waals surface area contributed by atoms with Gasteiger partial charge in [-0.05, 0) is 18.9 Å². The van der Waals surface area contributed by atoms with Crippen molar-refractivity contribution in [3.8, 4) is 0 Å². The molecule has 0 aromatic heterocycles. The molecule has 1 saturated carbocycles. The van der Waals surface area contributed by atoms with Crippen molar-refractivity contribution in [2.24, 2.45) is 0 Å². The smallest absolute Gasteiger partial charge is 0.341 e. The molecule has 10 heteroatoms. The molecule has 2 fully saturated rings. The average Bonchev–Trinajstić information content (AvgIpc) is 2.81. The summed E-state index contributed by atoms with van der Waals surface area (Å²) in [6.45, 7) is 3.16. The van der Waals surface area contributed by atoms with E-state index in [1.807, 2.05) is 0 Å². The second kappa shape index (κ2) is 10.5. The highest BCUT2D eigenvalue weighted by molar-refractivity contribution is 5.97. The Morgan fingerprint density at radius 2 is 1.94 bits per heavy atom. The number of non-ortho nitro benzene ring substituents is 1. The molecule has 0 atom stereocenters. The molecule has 1 aliphatic carbocycles. The fourth-order valence-electron chi connectivity index (χ4n) is 4.41. The van der Waals surface area contributed by atoms with E-state index in [4.69, 9.17) is 9.47 Å². The maximum atomic E-state index is 12.4. The highest BCUT2D eigenvalue weighted by atomic mass is 16.6. The molecular formula is C21H30N4O6. The van der Waals surface area contributed by atoms with E-state index in [1.165, 1.54) is 18.6 Å². The summed E-state index contributed by atoms with van der Waals surface area (Å²) in [6.07, 6.45) is 5.50. The van der Waals surface area contributed by atoms with Crippen molar-refractivity contribution in [1.29, 1.82) is 0 Å². The second-order valence-corrected chi connectivity index (χ2v) is 7.97. The third-order valence-corrected chi connectivity index (χ3v) is 6.12. The van der Waals surface area contributed by atoms with E-state index in [2.05, 4.69) is 15.5 Å². The standard InChI is InChI=1S/C21H30N4O6/c1-22-18-6-5-16(25(28)29)13-17(18)20(27)31-14-19(26)23-15-21(7-3-2-4-8-21)24-9-11-30-12-10-24/h5-6,13,22H,2-4,7-12,14-15H2,1H3,(H,23,26). The molecule has 0 bridgehead atoms. The van der Waals surface area contributed by atoms with E-state index >= 15 is 0 Å². The van der Waals surface area contributed by atoms with E-state index in [9.17, 15) is 19.7 Å². The lowest BCUT2D eigenvalue weighted by Crippen LogP contribution is -2.59. The third-order valence-electron chi connectivity index (χ3n) is 6.12. The number of nitrogens with one attached hydrogen (secondary N) is 2. The normalized spacial score (nSPS) is 18.7. The predicted octanol–water partition coefficient (Wildman–Crippen LogP) is 1.94. The van der Waals surface area contributed by atoms with Crippen LogP contribution in [0, 0.1) is 10.1 Å². The van der Waals surface area contributed by atoms with Gasteiger partial charge in [-0.3, -0.25) is 19.8 Å². The molecule has 10 nitrogen and oxygen atoms in total. The Labute approximate surface area is 181 Å². The predicted molar refractivity (Wildman–Crippen MR) is 114 cm³/mol. The molecule has 0 unspecified atom stereocenters. The summed E-state index contributed by atoms with van der Waals surface area (Å²) in [5, 5.41) is 16.7. The minimum absolute atomic E-state index is 0.0153. The van der Waals surface area contributed by atoms with Crippen LogP contribution in [0.3, 0.4) is 0 Å². The van der Waals surface area contributed by atoms with Gasteiger partial charge in [-0.25, -0.2) is 4.79 Å². The van der Waals surface area contributed by atoms with Gasteiger partial charge in [0.25, 0.3) is 11.6 Å². The van der Waals surface area contributed by atoms with Crippen LogP contribution in [-0.4, -0.2) is 73.7 Å². The van der Waals surface area contributed by atoms with Crippen molar-refractivity contribution in [2.75, 3.05) is 51.8 Å². The third kappa shape index (κ3) is 5.71. The van der Waals surface area contributed by atoms with E-state index in [-0.39, 0.29) is 22.7 Å². The zero-order chi connectivity index (χ0) is 22.3. The number of esters is 1. The highest BCUT2D eigenvalue weighted by Gasteiger charge is 2.38. The Bertz CT molecular complexity index is 803. The van der Waals surface area contributed by atoms with Gasteiger partial charge in [-0.15, -0.1) is 0 Å². The lowest BCUT2D eigenvalue weighted by atomic mass is 9.79. The summed E-state index contributed by atoms with van der Waals surface area (Å²) in [6, 6.07) is 3.87. The van der Waals surface area contributed by atoms with Crippen molar-refractivity contribution < 1.29 is 24.0 Å². The Morgan fingerprint density at radius 3 is 2.58 bits per heavy atom. The molecule has 1 aromatic carbocycles. The Hall–Kier alpha value is -2.72. The Balaban J connectivity index is 1.57. The lowest BCUT2D eigenvalue weighted by Gasteiger charge is -2.48. The van der Waals surface area contributed by atoms with Gasteiger partial charge in [0.2, 0.25) is 0 Å². The summed E-state index contributed by atoms with van der Waals surface area (Å²) >= 11 is 0. The van der Waals surface area contributed by atoms with Crippen LogP contribution in [0.1, 0.15) is 42.5 Å². The van der Waals surface area contributed by atoms with Crippen LogP contribution < -0.4 is 10.6 Å². The van der Waals surface area contributed by atoms with Crippen molar-refractivity contribution in [3.05, 3.63) is 33.9 Å². The molecule has 31 heavy (non-hydrogen) atoms. The SMILES string of the molecule is CNc1ccc([N+](=O)[O-])cc1C(=O)OCC(=O)NCC1(N2CCOCC2)CCCCC1. The monoisotopic (exact) mass is 434 g/mol. The number of hydrogen-bond acceptors (Lipinski definition) is 8. The summed E-state index contributed by atoms with van der Waals surface area (Å²) < 4.78 is 10.6. The number of nitro groups is 1. The van der Waals surface area contributed by atoms with Crippen molar-refractivity contribution in [2.45, 2.75) is 37.6 Å². The van der Waals surface area contributed by atoms with Crippen LogP contribution in [-0.2, 0) is 14.3 Å². The minimum Gasteiger partial charge on any atom is -0.452 e. The first-order valence-electron chi connectivity index (χ1n) is 10.7. The van der Waals surface area contributed by atoms with Crippen LogP contribution in [0.4, 0.5) is 11.4 Å². The molecule has 2 aliphatic rings. The molecular weight excluding hydrogens is 404 g/mol. The van der Waals surface area contributed by atoms with Crippen LogP contribution in [0.2, 0.25) is 0 Å². The van der Waals surface area contributed by atoms with Gasteiger partial charge in [0.05, 0.1) is 23.7 Å². The maximum Gasteiger partial charge on any atom is 0.341 e. The van der Waals surface area contributed by atoms with E-state index in [1.54, 1.807) is 7.05 Å². The quantitative estimate of drug-likeness (QED) is 0.362. The van der Waals surface area contributed by atoms with Crippen LogP contribution >= 0.6 is 0 Å². The molecule has 3 rings (SSSR count). The number of morpholine rings is 1. The van der Waals surface area contributed by atoms with Crippen molar-refractivity contribution in [1.82, 2.24) is 10.2 Å². The number of hydrogen-bond donors (Lipinski definition) is 2. The van der Waals surface area contributed by atoms with Crippen LogP contribution in [0.15, 0.2) is 18.2 Å². The average molecular weight is 434 g/mol. The number of nitrogens with zero attached hydrogens (tertiary/aromatic N) is 2. The van der Waals surface area contributed by atoms with E-state index < -0.39 is 17.5 Å². The summed E-state index contributed by atoms with van der Waals surface area (Å²) in [5.41, 5.74) is 0.104. The first-order chi connectivity index (χ1) is 14.9. The first-order valence-corrected chi connectivity index (χ1v) is 10.7. The number of rotatable bonds is 8. The lowest BCUT2D eigenvalue weighted by molar-refractivity contribution is -0.384. The van der Waals surface area contributed by atoms with Gasteiger partial charge in [-0.2, -0.15) is 0 Å². The van der Waals surface area contributed by atoms with Gasteiger partial charge in [0.15, 0.2) is 6.61 Å². The van der Waals surface area contributed by atoms with E-state index in [0.29, 0.717) is 25.4 Å². The van der Waals surface area contributed by atoms with E-state index in [0.717, 1.165) is 44.8 Å². The molecule has 2 N–H and O–H groups in total. The number of anilines is 1. The fraction of sp³-hybridized carbons (Fsp3) is 0.619.